The number of aromatic nitrogens is 1. The van der Waals surface area contributed by atoms with Crippen LogP contribution in [-0.2, 0) is 16.6 Å². The lowest BCUT2D eigenvalue weighted by Gasteiger charge is -2.32. The Bertz CT molecular complexity index is 1190. The van der Waals surface area contributed by atoms with Crippen LogP contribution in [0.25, 0.3) is 10.9 Å². The minimum Gasteiger partial charge on any atom is -0.304 e. The zero-order chi connectivity index (χ0) is 20.6. The van der Waals surface area contributed by atoms with Gasteiger partial charge in [-0.25, -0.2) is 16.8 Å². The predicted molar refractivity (Wildman–Crippen MR) is 108 cm³/mol. The average molecular weight is 412 g/mol. The van der Waals surface area contributed by atoms with Gasteiger partial charge in [-0.05, 0) is 55.1 Å². The second-order valence-electron chi connectivity index (χ2n) is 7.33. The van der Waals surface area contributed by atoms with E-state index in [1.54, 1.807) is 24.4 Å². The largest absolute Gasteiger partial charge is 0.304 e. The van der Waals surface area contributed by atoms with Crippen LogP contribution in [0.1, 0.15) is 11.1 Å². The molecule has 0 saturated carbocycles. The standard InChI is InChI=1S/C21H21FN4O2S/c1-24-8-10-25(11-9-24)14-17-15-26(21-7-2-16(13-23)12-20(17)21)29(27,28)19-5-3-18(22)4-6-19/h2-7,12,15H,8-11,14H2,1H3. The zero-order valence-electron chi connectivity index (χ0n) is 16.0. The van der Waals surface area contributed by atoms with Crippen molar-refractivity contribution in [2.75, 3.05) is 33.2 Å². The number of rotatable bonds is 4. The van der Waals surface area contributed by atoms with Gasteiger partial charge in [0.25, 0.3) is 10.0 Å². The fraction of sp³-hybridized carbons (Fsp3) is 0.286. The number of likely N-dealkylation sites (N-methyl/N-ethyl adjacent to an activating group) is 1. The van der Waals surface area contributed by atoms with Gasteiger partial charge in [-0.15, -0.1) is 0 Å². The maximum Gasteiger partial charge on any atom is 0.268 e. The van der Waals surface area contributed by atoms with Gasteiger partial charge >= 0.3 is 0 Å². The van der Waals surface area contributed by atoms with E-state index in [2.05, 4.69) is 22.9 Å². The Balaban J connectivity index is 1.80. The van der Waals surface area contributed by atoms with Gasteiger partial charge in [-0.3, -0.25) is 4.90 Å². The van der Waals surface area contributed by atoms with Gasteiger partial charge in [-0.2, -0.15) is 5.26 Å². The van der Waals surface area contributed by atoms with E-state index in [1.807, 2.05) is 0 Å². The summed E-state index contributed by atoms with van der Waals surface area (Å²) in [4.78, 5) is 4.56. The first-order valence-corrected chi connectivity index (χ1v) is 10.8. The molecule has 2 heterocycles. The first kappa shape index (κ1) is 19.6. The summed E-state index contributed by atoms with van der Waals surface area (Å²) in [6.07, 6.45) is 1.63. The molecule has 0 N–H and O–H groups in total. The Kier molecular flexibility index (Phi) is 5.13. The van der Waals surface area contributed by atoms with Crippen LogP contribution in [0.4, 0.5) is 4.39 Å². The van der Waals surface area contributed by atoms with Crippen molar-refractivity contribution in [3.8, 4) is 6.07 Å². The van der Waals surface area contributed by atoms with Crippen LogP contribution in [0.3, 0.4) is 0 Å². The van der Waals surface area contributed by atoms with Gasteiger partial charge in [0.2, 0.25) is 0 Å². The fourth-order valence-corrected chi connectivity index (χ4v) is 5.02. The van der Waals surface area contributed by atoms with Crippen molar-refractivity contribution in [1.82, 2.24) is 13.8 Å². The Morgan fingerprint density at radius 3 is 2.41 bits per heavy atom. The highest BCUT2D eigenvalue weighted by atomic mass is 32.2. The van der Waals surface area contributed by atoms with Crippen LogP contribution < -0.4 is 0 Å². The highest BCUT2D eigenvalue weighted by Crippen LogP contribution is 2.28. The second kappa shape index (κ2) is 7.59. The van der Waals surface area contributed by atoms with E-state index < -0.39 is 15.8 Å². The number of hydrogen-bond donors (Lipinski definition) is 0. The second-order valence-corrected chi connectivity index (χ2v) is 9.15. The number of halogens is 1. The normalized spacial score (nSPS) is 16.2. The number of piperazine rings is 1. The van der Waals surface area contributed by atoms with E-state index >= 15 is 0 Å². The highest BCUT2D eigenvalue weighted by Gasteiger charge is 2.23. The number of nitrogens with zero attached hydrogens (tertiary/aromatic N) is 4. The van der Waals surface area contributed by atoms with Gasteiger partial charge in [0, 0.05) is 44.3 Å². The molecule has 0 spiro atoms. The molecule has 1 aliphatic rings. The van der Waals surface area contributed by atoms with Crippen molar-refractivity contribution in [2.45, 2.75) is 11.4 Å². The van der Waals surface area contributed by atoms with E-state index in [1.165, 1.54) is 16.1 Å². The lowest BCUT2D eigenvalue weighted by atomic mass is 10.1. The molecule has 8 heteroatoms. The third-order valence-corrected chi connectivity index (χ3v) is 7.03. The quantitative estimate of drug-likeness (QED) is 0.659. The number of fused-ring (bicyclic) bond motifs is 1. The molecule has 1 aromatic heterocycles. The minimum absolute atomic E-state index is 0.0197. The van der Waals surface area contributed by atoms with E-state index in [0.717, 1.165) is 49.3 Å². The molecule has 1 fully saturated rings. The smallest absolute Gasteiger partial charge is 0.268 e. The number of nitriles is 1. The molecule has 29 heavy (non-hydrogen) atoms. The maximum absolute atomic E-state index is 13.3. The third-order valence-electron chi connectivity index (χ3n) is 5.34. The summed E-state index contributed by atoms with van der Waals surface area (Å²) in [5.74, 6) is -0.490. The molecule has 3 aromatic rings. The van der Waals surface area contributed by atoms with Crippen LogP contribution in [0, 0.1) is 17.1 Å². The van der Waals surface area contributed by atoms with Crippen LogP contribution in [-0.4, -0.2) is 55.4 Å². The van der Waals surface area contributed by atoms with Gasteiger partial charge in [0.05, 0.1) is 22.0 Å². The Morgan fingerprint density at radius 1 is 1.07 bits per heavy atom. The van der Waals surface area contributed by atoms with Crippen LogP contribution >= 0.6 is 0 Å². The van der Waals surface area contributed by atoms with Gasteiger partial charge < -0.3 is 4.90 Å². The van der Waals surface area contributed by atoms with Crippen LogP contribution in [0.15, 0.2) is 53.6 Å². The van der Waals surface area contributed by atoms with E-state index in [0.29, 0.717) is 17.6 Å². The summed E-state index contributed by atoms with van der Waals surface area (Å²) < 4.78 is 40.9. The predicted octanol–water partition coefficient (Wildman–Crippen LogP) is 2.64. The molecule has 1 saturated heterocycles. The average Bonchev–Trinajstić information content (AvgIpc) is 3.08. The molecule has 0 atom stereocenters. The van der Waals surface area contributed by atoms with Crippen molar-refractivity contribution in [3.05, 3.63) is 65.6 Å². The molecule has 2 aromatic carbocycles. The summed E-state index contributed by atoms with van der Waals surface area (Å²) in [5, 5.41) is 10.0. The summed E-state index contributed by atoms with van der Waals surface area (Å²) in [5.41, 5.74) is 1.85. The zero-order valence-corrected chi connectivity index (χ0v) is 16.9. The highest BCUT2D eigenvalue weighted by molar-refractivity contribution is 7.90. The molecule has 0 unspecified atom stereocenters. The lowest BCUT2D eigenvalue weighted by Crippen LogP contribution is -2.43. The fourth-order valence-electron chi connectivity index (χ4n) is 3.63. The summed E-state index contributed by atoms with van der Waals surface area (Å²) >= 11 is 0. The summed E-state index contributed by atoms with van der Waals surface area (Å²) in [6, 6.07) is 11.9. The van der Waals surface area contributed by atoms with E-state index in [-0.39, 0.29) is 4.90 Å². The summed E-state index contributed by atoms with van der Waals surface area (Å²) in [7, 11) is -1.81. The number of hydrogen-bond acceptors (Lipinski definition) is 5. The summed E-state index contributed by atoms with van der Waals surface area (Å²) in [6.45, 7) is 4.30. The molecule has 1 aliphatic heterocycles. The lowest BCUT2D eigenvalue weighted by molar-refractivity contribution is 0.148. The molecule has 0 bridgehead atoms. The van der Waals surface area contributed by atoms with Crippen molar-refractivity contribution in [3.63, 3.8) is 0 Å². The van der Waals surface area contributed by atoms with Crippen LogP contribution in [0.2, 0.25) is 0 Å². The van der Waals surface area contributed by atoms with E-state index in [4.69, 9.17) is 0 Å². The van der Waals surface area contributed by atoms with Crippen molar-refractivity contribution in [2.24, 2.45) is 0 Å². The SMILES string of the molecule is CN1CCN(Cc2cn(S(=O)(=O)c3ccc(F)cc3)c3ccc(C#N)cc23)CC1. The van der Waals surface area contributed by atoms with Gasteiger partial charge in [0.15, 0.2) is 0 Å². The monoisotopic (exact) mass is 412 g/mol. The first-order valence-electron chi connectivity index (χ1n) is 9.34. The van der Waals surface area contributed by atoms with Crippen molar-refractivity contribution < 1.29 is 12.8 Å². The molecule has 4 rings (SSSR count). The molecular formula is C21H21FN4O2S. The molecule has 0 radical (unpaired) electrons. The molecule has 6 nitrogen and oxygen atoms in total. The Hall–Kier alpha value is -2.73. The Morgan fingerprint density at radius 2 is 1.76 bits per heavy atom. The number of benzene rings is 2. The van der Waals surface area contributed by atoms with Gasteiger partial charge in [0.1, 0.15) is 5.82 Å². The minimum atomic E-state index is -3.89. The van der Waals surface area contributed by atoms with E-state index in [9.17, 15) is 18.1 Å². The van der Waals surface area contributed by atoms with Crippen molar-refractivity contribution in [1.29, 1.82) is 5.26 Å². The molecule has 0 amide bonds. The van der Waals surface area contributed by atoms with Crippen LogP contribution in [0.5, 0.6) is 0 Å². The third kappa shape index (κ3) is 3.77. The van der Waals surface area contributed by atoms with Gasteiger partial charge in [-0.1, -0.05) is 0 Å². The molecular weight excluding hydrogens is 391 g/mol. The molecule has 0 aliphatic carbocycles. The molecule has 150 valence electrons. The maximum atomic E-state index is 13.3. The van der Waals surface area contributed by atoms with Crippen molar-refractivity contribution >= 4 is 20.9 Å². The topological polar surface area (TPSA) is 69.3 Å². The Labute approximate surface area is 169 Å². The first-order chi connectivity index (χ1) is 13.9.